The summed E-state index contributed by atoms with van der Waals surface area (Å²) in [6.07, 6.45) is 2.51. The zero-order valence-electron chi connectivity index (χ0n) is 14.1. The van der Waals surface area contributed by atoms with Crippen molar-refractivity contribution in [3.63, 3.8) is 0 Å². The van der Waals surface area contributed by atoms with Crippen LogP contribution in [-0.4, -0.2) is 63.5 Å². The molecule has 2 N–H and O–H groups in total. The number of anilines is 1. The smallest absolute Gasteiger partial charge is 0.142 e. The van der Waals surface area contributed by atoms with Crippen LogP contribution in [0.4, 0.5) is 5.69 Å². The maximum atomic E-state index is 5.81. The van der Waals surface area contributed by atoms with Gasteiger partial charge >= 0.3 is 0 Å². The minimum absolute atomic E-state index is 0.251. The van der Waals surface area contributed by atoms with E-state index in [4.69, 9.17) is 9.47 Å². The van der Waals surface area contributed by atoms with Crippen LogP contribution >= 0.6 is 0 Å². The van der Waals surface area contributed by atoms with Crippen LogP contribution in [0.3, 0.4) is 0 Å². The molecule has 1 aromatic carbocycles. The first kappa shape index (κ1) is 16.6. The number of nitrogens with zero attached hydrogens (tertiary/aromatic N) is 1. The second kappa shape index (κ2) is 8.52. The van der Waals surface area contributed by atoms with Crippen molar-refractivity contribution < 1.29 is 9.47 Å². The van der Waals surface area contributed by atoms with E-state index in [0.717, 1.165) is 63.8 Å². The molecule has 0 amide bonds. The molecule has 1 aromatic rings. The van der Waals surface area contributed by atoms with Crippen LogP contribution in [0.15, 0.2) is 18.2 Å². The number of fused-ring (bicyclic) bond motifs is 1. The highest BCUT2D eigenvalue weighted by atomic mass is 16.5. The normalized spacial score (nSPS) is 21.3. The zero-order valence-corrected chi connectivity index (χ0v) is 14.1. The standard InChI is InChI=1S/C18H29N3O2/c1-15-14-20-17-13-16(3-4-18(17)23-15)5-7-19-6-2-8-21-9-11-22-12-10-21/h3-4,13,15,19-20H,2,5-12,14H2,1H3. The molecule has 3 rings (SSSR count). The first-order valence-corrected chi connectivity index (χ1v) is 8.85. The predicted molar refractivity (Wildman–Crippen MR) is 93.5 cm³/mol. The fourth-order valence-electron chi connectivity index (χ4n) is 3.10. The Morgan fingerprint density at radius 3 is 3.00 bits per heavy atom. The van der Waals surface area contributed by atoms with Gasteiger partial charge in [0.05, 0.1) is 25.4 Å². The van der Waals surface area contributed by atoms with Gasteiger partial charge in [-0.2, -0.15) is 0 Å². The molecule has 0 aromatic heterocycles. The zero-order chi connectivity index (χ0) is 15.9. The van der Waals surface area contributed by atoms with Crippen molar-refractivity contribution in [2.75, 3.05) is 57.8 Å². The number of nitrogens with one attached hydrogen (secondary N) is 2. The number of rotatable bonds is 7. The molecule has 5 heteroatoms. The average molecular weight is 319 g/mol. The molecule has 5 nitrogen and oxygen atoms in total. The van der Waals surface area contributed by atoms with Crippen LogP contribution in [0, 0.1) is 0 Å². The fourth-order valence-corrected chi connectivity index (χ4v) is 3.10. The Hall–Kier alpha value is -1.30. The molecule has 0 aliphatic carbocycles. The molecule has 1 fully saturated rings. The number of hydrogen-bond acceptors (Lipinski definition) is 5. The minimum Gasteiger partial charge on any atom is -0.487 e. The van der Waals surface area contributed by atoms with Gasteiger partial charge in [0, 0.05) is 13.1 Å². The molecule has 2 aliphatic heterocycles. The van der Waals surface area contributed by atoms with E-state index in [2.05, 4.69) is 40.7 Å². The molecule has 128 valence electrons. The van der Waals surface area contributed by atoms with Crippen molar-refractivity contribution in [2.24, 2.45) is 0 Å². The monoisotopic (exact) mass is 319 g/mol. The maximum absolute atomic E-state index is 5.81. The summed E-state index contributed by atoms with van der Waals surface area (Å²) in [7, 11) is 0. The lowest BCUT2D eigenvalue weighted by atomic mass is 10.1. The van der Waals surface area contributed by atoms with Gasteiger partial charge in [-0.1, -0.05) is 6.07 Å². The average Bonchev–Trinajstić information content (AvgIpc) is 2.59. The molecule has 2 heterocycles. The van der Waals surface area contributed by atoms with Gasteiger partial charge in [-0.15, -0.1) is 0 Å². The van der Waals surface area contributed by atoms with Gasteiger partial charge < -0.3 is 20.1 Å². The largest absolute Gasteiger partial charge is 0.487 e. The quantitative estimate of drug-likeness (QED) is 0.750. The van der Waals surface area contributed by atoms with Crippen LogP contribution < -0.4 is 15.4 Å². The Morgan fingerprint density at radius 1 is 1.26 bits per heavy atom. The third-order valence-corrected chi connectivity index (χ3v) is 4.47. The van der Waals surface area contributed by atoms with E-state index < -0.39 is 0 Å². The van der Waals surface area contributed by atoms with Crippen molar-refractivity contribution in [3.8, 4) is 5.75 Å². The van der Waals surface area contributed by atoms with Crippen molar-refractivity contribution in [1.82, 2.24) is 10.2 Å². The van der Waals surface area contributed by atoms with Gasteiger partial charge in [-0.25, -0.2) is 0 Å². The van der Waals surface area contributed by atoms with E-state index >= 15 is 0 Å². The van der Waals surface area contributed by atoms with Crippen molar-refractivity contribution in [2.45, 2.75) is 25.9 Å². The van der Waals surface area contributed by atoms with Crippen LogP contribution in [-0.2, 0) is 11.2 Å². The Labute approximate surface area is 139 Å². The molecule has 1 saturated heterocycles. The van der Waals surface area contributed by atoms with Crippen LogP contribution in [0.1, 0.15) is 18.9 Å². The van der Waals surface area contributed by atoms with Crippen molar-refractivity contribution in [3.05, 3.63) is 23.8 Å². The van der Waals surface area contributed by atoms with E-state index in [-0.39, 0.29) is 6.10 Å². The second-order valence-electron chi connectivity index (χ2n) is 6.45. The SMILES string of the molecule is CC1CNc2cc(CCNCCCN3CCOCC3)ccc2O1. The minimum atomic E-state index is 0.251. The molecule has 0 radical (unpaired) electrons. The highest BCUT2D eigenvalue weighted by molar-refractivity contribution is 5.59. The first-order valence-electron chi connectivity index (χ1n) is 8.85. The lowest BCUT2D eigenvalue weighted by molar-refractivity contribution is 0.0375. The number of morpholine rings is 1. The highest BCUT2D eigenvalue weighted by Gasteiger charge is 2.15. The van der Waals surface area contributed by atoms with Crippen LogP contribution in [0.25, 0.3) is 0 Å². The lowest BCUT2D eigenvalue weighted by Gasteiger charge is -2.26. The first-order chi connectivity index (χ1) is 11.3. The molecule has 0 bridgehead atoms. The highest BCUT2D eigenvalue weighted by Crippen LogP contribution is 2.29. The molecule has 2 aliphatic rings. The maximum Gasteiger partial charge on any atom is 0.142 e. The van der Waals surface area contributed by atoms with Crippen LogP contribution in [0.2, 0.25) is 0 Å². The summed E-state index contributed by atoms with van der Waals surface area (Å²) in [6.45, 7) is 10.2. The van der Waals surface area contributed by atoms with Gasteiger partial charge in [-0.3, -0.25) is 4.90 Å². The topological polar surface area (TPSA) is 45.8 Å². The van der Waals surface area contributed by atoms with E-state index in [0.29, 0.717) is 0 Å². The Balaban J connectivity index is 1.31. The Bertz CT molecular complexity index is 489. The number of benzene rings is 1. The van der Waals surface area contributed by atoms with Crippen molar-refractivity contribution >= 4 is 5.69 Å². The number of hydrogen-bond donors (Lipinski definition) is 2. The summed E-state index contributed by atoms with van der Waals surface area (Å²) >= 11 is 0. The van der Waals surface area contributed by atoms with E-state index in [9.17, 15) is 0 Å². The molecular weight excluding hydrogens is 290 g/mol. The lowest BCUT2D eigenvalue weighted by Crippen LogP contribution is -2.37. The summed E-state index contributed by atoms with van der Waals surface area (Å²) in [5, 5.41) is 6.99. The molecular formula is C18H29N3O2. The summed E-state index contributed by atoms with van der Waals surface area (Å²) in [4.78, 5) is 2.49. The second-order valence-corrected chi connectivity index (χ2v) is 6.45. The molecule has 23 heavy (non-hydrogen) atoms. The van der Waals surface area contributed by atoms with Gasteiger partial charge in [0.15, 0.2) is 0 Å². The molecule has 0 saturated carbocycles. The summed E-state index contributed by atoms with van der Waals surface area (Å²) in [6, 6.07) is 6.48. The van der Waals surface area contributed by atoms with Crippen molar-refractivity contribution in [1.29, 1.82) is 0 Å². The van der Waals surface area contributed by atoms with E-state index in [1.165, 1.54) is 18.5 Å². The summed E-state index contributed by atoms with van der Waals surface area (Å²) in [5.74, 6) is 0.978. The third-order valence-electron chi connectivity index (χ3n) is 4.47. The molecule has 0 spiro atoms. The number of ether oxygens (including phenoxy) is 2. The Kier molecular flexibility index (Phi) is 6.13. The molecule has 1 atom stereocenters. The van der Waals surface area contributed by atoms with E-state index in [1.807, 2.05) is 0 Å². The predicted octanol–water partition coefficient (Wildman–Crippen LogP) is 1.73. The van der Waals surface area contributed by atoms with E-state index in [1.54, 1.807) is 0 Å². The van der Waals surface area contributed by atoms with Gasteiger partial charge in [0.25, 0.3) is 0 Å². The van der Waals surface area contributed by atoms with Crippen LogP contribution in [0.5, 0.6) is 5.75 Å². The van der Waals surface area contributed by atoms with Gasteiger partial charge in [-0.05, 0) is 57.1 Å². The van der Waals surface area contributed by atoms with Gasteiger partial charge in [0.2, 0.25) is 0 Å². The summed E-state index contributed by atoms with van der Waals surface area (Å²) in [5.41, 5.74) is 2.49. The molecule has 1 unspecified atom stereocenters. The van der Waals surface area contributed by atoms with Gasteiger partial charge in [0.1, 0.15) is 11.9 Å². The fraction of sp³-hybridized carbons (Fsp3) is 0.667. The Morgan fingerprint density at radius 2 is 2.13 bits per heavy atom. The summed E-state index contributed by atoms with van der Waals surface area (Å²) < 4.78 is 11.2. The third kappa shape index (κ3) is 5.09.